The number of alkyl halides is 2. The zero-order chi connectivity index (χ0) is 11.2. The summed E-state index contributed by atoms with van der Waals surface area (Å²) in [5.41, 5.74) is 0. The zero-order valence-corrected chi connectivity index (χ0v) is 8.52. The Morgan fingerprint density at radius 1 is 1.57 bits per heavy atom. The van der Waals surface area contributed by atoms with Crippen molar-refractivity contribution in [3.05, 3.63) is 0 Å². The van der Waals surface area contributed by atoms with Crippen LogP contribution in [0.3, 0.4) is 0 Å². The van der Waals surface area contributed by atoms with Crippen molar-refractivity contribution in [3.8, 4) is 0 Å². The summed E-state index contributed by atoms with van der Waals surface area (Å²) < 4.78 is 25.0. The maximum Gasteiger partial charge on any atom is 0.375 e. The lowest BCUT2D eigenvalue weighted by Crippen LogP contribution is -2.40. The molecule has 1 unspecified atom stereocenters. The van der Waals surface area contributed by atoms with Crippen molar-refractivity contribution in [3.63, 3.8) is 0 Å². The van der Waals surface area contributed by atoms with Gasteiger partial charge in [0.05, 0.1) is 6.54 Å². The average molecular weight is 209 g/mol. The zero-order valence-electron chi connectivity index (χ0n) is 8.52. The molecule has 3 nitrogen and oxygen atoms in total. The van der Waals surface area contributed by atoms with Gasteiger partial charge in [0, 0.05) is 0 Å². The molecular weight excluding hydrogens is 192 g/mol. The average Bonchev–Trinajstić information content (AvgIpc) is 2.11. The van der Waals surface area contributed by atoms with Crippen LogP contribution < -0.4 is 5.32 Å². The van der Waals surface area contributed by atoms with E-state index < -0.39 is 18.4 Å². The topological polar surface area (TPSA) is 49.3 Å². The molecular formula is C9H17F2NO2. The van der Waals surface area contributed by atoms with Crippen LogP contribution in [0.4, 0.5) is 8.78 Å². The van der Waals surface area contributed by atoms with Crippen LogP contribution >= 0.6 is 0 Å². The van der Waals surface area contributed by atoms with Gasteiger partial charge in [-0.2, -0.15) is 8.78 Å². The van der Waals surface area contributed by atoms with Gasteiger partial charge in [-0.15, -0.1) is 0 Å². The maximum atomic E-state index is 12.5. The van der Waals surface area contributed by atoms with Gasteiger partial charge in [0.1, 0.15) is 0 Å². The van der Waals surface area contributed by atoms with Crippen molar-refractivity contribution in [2.75, 3.05) is 13.1 Å². The molecule has 0 spiro atoms. The molecule has 0 aliphatic carbocycles. The van der Waals surface area contributed by atoms with E-state index in [1.807, 2.05) is 13.8 Å². The Bertz CT molecular complexity index is 186. The molecule has 0 heterocycles. The van der Waals surface area contributed by atoms with Gasteiger partial charge in [-0.05, 0) is 18.9 Å². The van der Waals surface area contributed by atoms with Crippen LogP contribution in [-0.4, -0.2) is 30.1 Å². The van der Waals surface area contributed by atoms with Gasteiger partial charge in [-0.1, -0.05) is 20.3 Å². The van der Waals surface area contributed by atoms with E-state index in [0.29, 0.717) is 12.5 Å². The van der Waals surface area contributed by atoms with Crippen molar-refractivity contribution >= 4 is 5.97 Å². The van der Waals surface area contributed by atoms with Crippen molar-refractivity contribution in [2.45, 2.75) is 32.6 Å². The van der Waals surface area contributed by atoms with Crippen LogP contribution in [0.25, 0.3) is 0 Å². The standard InChI is InChI=1S/C9H17F2NO2/c1-3-7(2)4-5-12-6-9(10,11)8(13)14/h7,12H,3-6H2,1-2H3,(H,13,14). The SMILES string of the molecule is CCC(C)CCNCC(F)(F)C(=O)O. The summed E-state index contributed by atoms with van der Waals surface area (Å²) >= 11 is 0. The fourth-order valence-electron chi connectivity index (χ4n) is 0.874. The third-order valence-electron chi connectivity index (χ3n) is 2.17. The third-order valence-corrected chi connectivity index (χ3v) is 2.17. The van der Waals surface area contributed by atoms with Crippen molar-refractivity contribution in [1.29, 1.82) is 0 Å². The predicted octanol–water partition coefficient (Wildman–Crippen LogP) is 1.73. The lowest BCUT2D eigenvalue weighted by Gasteiger charge is -2.13. The van der Waals surface area contributed by atoms with Crippen molar-refractivity contribution in [2.24, 2.45) is 5.92 Å². The molecule has 0 aliphatic rings. The number of carboxylic acid groups (broad SMARTS) is 1. The predicted molar refractivity (Wildman–Crippen MR) is 49.5 cm³/mol. The Morgan fingerprint density at radius 3 is 2.57 bits per heavy atom. The summed E-state index contributed by atoms with van der Waals surface area (Å²) in [6.45, 7) is 3.68. The van der Waals surface area contributed by atoms with Crippen molar-refractivity contribution in [1.82, 2.24) is 5.32 Å². The Hall–Kier alpha value is -0.710. The lowest BCUT2D eigenvalue weighted by atomic mass is 10.1. The highest BCUT2D eigenvalue weighted by atomic mass is 19.3. The molecule has 2 N–H and O–H groups in total. The number of aliphatic carboxylic acids is 1. The summed E-state index contributed by atoms with van der Waals surface area (Å²) in [5, 5.41) is 10.5. The van der Waals surface area contributed by atoms with Gasteiger partial charge in [0.2, 0.25) is 0 Å². The maximum absolute atomic E-state index is 12.5. The summed E-state index contributed by atoms with van der Waals surface area (Å²) in [6.07, 6.45) is 1.78. The molecule has 1 atom stereocenters. The number of halogens is 2. The van der Waals surface area contributed by atoms with E-state index in [0.717, 1.165) is 12.8 Å². The molecule has 14 heavy (non-hydrogen) atoms. The minimum atomic E-state index is -3.66. The molecule has 0 radical (unpaired) electrons. The van der Waals surface area contributed by atoms with E-state index in [1.165, 1.54) is 0 Å². The van der Waals surface area contributed by atoms with Gasteiger partial charge in [0.25, 0.3) is 0 Å². The van der Waals surface area contributed by atoms with Crippen LogP contribution in [0.15, 0.2) is 0 Å². The second-order valence-electron chi connectivity index (χ2n) is 3.49. The van der Waals surface area contributed by atoms with Crippen LogP contribution in [0.2, 0.25) is 0 Å². The molecule has 0 saturated heterocycles. The molecule has 0 amide bonds. The first-order valence-electron chi connectivity index (χ1n) is 4.72. The van der Waals surface area contributed by atoms with Crippen LogP contribution in [0.5, 0.6) is 0 Å². The monoisotopic (exact) mass is 209 g/mol. The Balaban J connectivity index is 3.59. The second kappa shape index (κ2) is 5.90. The van der Waals surface area contributed by atoms with E-state index in [4.69, 9.17) is 5.11 Å². The quantitative estimate of drug-likeness (QED) is 0.628. The number of rotatable bonds is 7. The van der Waals surface area contributed by atoms with E-state index in [2.05, 4.69) is 5.32 Å². The minimum absolute atomic E-state index is 0.428. The van der Waals surface area contributed by atoms with Crippen molar-refractivity contribution < 1.29 is 18.7 Å². The number of nitrogens with one attached hydrogen (secondary N) is 1. The summed E-state index contributed by atoms with van der Waals surface area (Å²) in [6, 6.07) is 0. The van der Waals surface area contributed by atoms with Gasteiger partial charge in [-0.25, -0.2) is 4.79 Å². The molecule has 0 aliphatic heterocycles. The Morgan fingerprint density at radius 2 is 2.14 bits per heavy atom. The molecule has 0 aromatic heterocycles. The molecule has 84 valence electrons. The Kier molecular flexibility index (Phi) is 5.60. The highest BCUT2D eigenvalue weighted by Crippen LogP contribution is 2.11. The minimum Gasteiger partial charge on any atom is -0.477 e. The van der Waals surface area contributed by atoms with Gasteiger partial charge in [0.15, 0.2) is 0 Å². The number of hydrogen-bond donors (Lipinski definition) is 2. The number of carbonyl (C=O) groups is 1. The first-order valence-corrected chi connectivity index (χ1v) is 4.72. The molecule has 0 aromatic carbocycles. The van der Waals surface area contributed by atoms with Gasteiger partial charge >= 0.3 is 11.9 Å². The van der Waals surface area contributed by atoms with Crippen LogP contribution in [0, 0.1) is 5.92 Å². The van der Waals surface area contributed by atoms with Crippen LogP contribution in [0.1, 0.15) is 26.7 Å². The molecule has 0 aromatic rings. The molecule has 0 rings (SSSR count). The van der Waals surface area contributed by atoms with Gasteiger partial charge in [-0.3, -0.25) is 0 Å². The molecule has 0 saturated carbocycles. The Labute approximate surface area is 82.5 Å². The first-order chi connectivity index (χ1) is 6.40. The first kappa shape index (κ1) is 13.3. The largest absolute Gasteiger partial charge is 0.477 e. The fraction of sp³-hybridized carbons (Fsp3) is 0.889. The normalized spacial score (nSPS) is 14.0. The molecule has 0 bridgehead atoms. The fourth-order valence-corrected chi connectivity index (χ4v) is 0.874. The number of carboxylic acids is 1. The van der Waals surface area contributed by atoms with Crippen LogP contribution in [-0.2, 0) is 4.79 Å². The highest BCUT2D eigenvalue weighted by molar-refractivity contribution is 5.75. The second-order valence-corrected chi connectivity index (χ2v) is 3.49. The highest BCUT2D eigenvalue weighted by Gasteiger charge is 2.37. The van der Waals surface area contributed by atoms with E-state index in [9.17, 15) is 13.6 Å². The summed E-state index contributed by atoms with van der Waals surface area (Å²) in [5.74, 6) is -5.26. The number of hydrogen-bond acceptors (Lipinski definition) is 2. The van der Waals surface area contributed by atoms with E-state index in [1.54, 1.807) is 0 Å². The molecule has 0 fully saturated rings. The third kappa shape index (κ3) is 5.11. The lowest BCUT2D eigenvalue weighted by molar-refractivity contribution is -0.164. The van der Waals surface area contributed by atoms with Gasteiger partial charge < -0.3 is 10.4 Å². The summed E-state index contributed by atoms with van der Waals surface area (Å²) in [7, 11) is 0. The smallest absolute Gasteiger partial charge is 0.375 e. The molecule has 5 heteroatoms. The summed E-state index contributed by atoms with van der Waals surface area (Å²) in [4.78, 5) is 10.0. The van der Waals surface area contributed by atoms with E-state index >= 15 is 0 Å². The van der Waals surface area contributed by atoms with E-state index in [-0.39, 0.29) is 0 Å².